The monoisotopic (exact) mass is 269 g/mol. The van der Waals surface area contributed by atoms with Crippen LogP contribution >= 0.6 is 0 Å². The SMILES string of the molecule is CCCCCCCCCC(N)CC(CC)CCCC. The molecule has 2 atom stereocenters. The Morgan fingerprint density at radius 3 is 1.84 bits per heavy atom. The van der Waals surface area contributed by atoms with Crippen molar-refractivity contribution in [3.8, 4) is 0 Å². The van der Waals surface area contributed by atoms with Gasteiger partial charge >= 0.3 is 0 Å². The lowest BCUT2D eigenvalue weighted by Gasteiger charge is -2.19. The van der Waals surface area contributed by atoms with Gasteiger partial charge in [0.1, 0.15) is 0 Å². The van der Waals surface area contributed by atoms with Crippen LogP contribution in [0.3, 0.4) is 0 Å². The van der Waals surface area contributed by atoms with Crippen molar-refractivity contribution < 1.29 is 0 Å². The molecule has 0 radical (unpaired) electrons. The van der Waals surface area contributed by atoms with Gasteiger partial charge in [0.25, 0.3) is 0 Å². The maximum absolute atomic E-state index is 6.28. The molecule has 0 aromatic heterocycles. The number of unbranched alkanes of at least 4 members (excludes halogenated alkanes) is 7. The van der Waals surface area contributed by atoms with Gasteiger partial charge in [0, 0.05) is 6.04 Å². The van der Waals surface area contributed by atoms with E-state index in [1.54, 1.807) is 0 Å². The van der Waals surface area contributed by atoms with Gasteiger partial charge in [0.2, 0.25) is 0 Å². The summed E-state index contributed by atoms with van der Waals surface area (Å²) in [5.41, 5.74) is 6.28. The molecule has 2 unspecified atom stereocenters. The fraction of sp³-hybridized carbons (Fsp3) is 1.00. The first-order chi connectivity index (χ1) is 9.24. The van der Waals surface area contributed by atoms with E-state index in [1.165, 1.54) is 83.5 Å². The third-order valence-corrected chi connectivity index (χ3v) is 4.36. The molecule has 0 heterocycles. The van der Waals surface area contributed by atoms with Crippen molar-refractivity contribution in [2.45, 2.75) is 110 Å². The molecule has 0 aromatic rings. The van der Waals surface area contributed by atoms with E-state index in [2.05, 4.69) is 20.8 Å². The van der Waals surface area contributed by atoms with Crippen LogP contribution in [0.15, 0.2) is 0 Å². The van der Waals surface area contributed by atoms with Crippen molar-refractivity contribution in [2.75, 3.05) is 0 Å². The predicted octanol–water partition coefficient (Wildman–Crippen LogP) is 6.06. The van der Waals surface area contributed by atoms with E-state index in [-0.39, 0.29) is 0 Å². The summed E-state index contributed by atoms with van der Waals surface area (Å²) in [5, 5.41) is 0. The van der Waals surface area contributed by atoms with Crippen LogP contribution in [0.1, 0.15) is 104 Å². The van der Waals surface area contributed by atoms with Crippen LogP contribution in [0, 0.1) is 5.92 Å². The highest BCUT2D eigenvalue weighted by atomic mass is 14.6. The summed E-state index contributed by atoms with van der Waals surface area (Å²) >= 11 is 0. The minimum absolute atomic E-state index is 0.456. The van der Waals surface area contributed by atoms with Crippen LogP contribution in [0.25, 0.3) is 0 Å². The largest absolute Gasteiger partial charge is 0.328 e. The molecule has 2 N–H and O–H groups in total. The van der Waals surface area contributed by atoms with Crippen molar-refractivity contribution in [2.24, 2.45) is 11.7 Å². The zero-order valence-electron chi connectivity index (χ0n) is 13.9. The van der Waals surface area contributed by atoms with E-state index in [4.69, 9.17) is 5.73 Å². The highest BCUT2D eigenvalue weighted by molar-refractivity contribution is 4.68. The Kier molecular flexibility index (Phi) is 14.3. The first-order valence-electron chi connectivity index (χ1n) is 9.00. The van der Waals surface area contributed by atoms with E-state index in [1.807, 2.05) is 0 Å². The second kappa shape index (κ2) is 14.4. The van der Waals surface area contributed by atoms with Crippen LogP contribution in [-0.4, -0.2) is 6.04 Å². The molecule has 0 saturated heterocycles. The number of nitrogens with two attached hydrogens (primary N) is 1. The van der Waals surface area contributed by atoms with Crippen molar-refractivity contribution in [3.05, 3.63) is 0 Å². The highest BCUT2D eigenvalue weighted by Gasteiger charge is 2.11. The standard InChI is InChI=1S/C18H39N/c1-4-7-9-10-11-12-13-15-18(19)16-17(6-3)14-8-5-2/h17-18H,4-16,19H2,1-3H3. The molecule has 0 saturated carbocycles. The van der Waals surface area contributed by atoms with E-state index in [9.17, 15) is 0 Å². The van der Waals surface area contributed by atoms with E-state index in [0.29, 0.717) is 6.04 Å². The Morgan fingerprint density at radius 2 is 1.26 bits per heavy atom. The molecule has 0 bridgehead atoms. The van der Waals surface area contributed by atoms with Crippen molar-refractivity contribution in [1.82, 2.24) is 0 Å². The van der Waals surface area contributed by atoms with Crippen LogP contribution in [0.2, 0.25) is 0 Å². The lowest BCUT2D eigenvalue weighted by Crippen LogP contribution is -2.23. The van der Waals surface area contributed by atoms with E-state index >= 15 is 0 Å². The summed E-state index contributed by atoms with van der Waals surface area (Å²) in [6.45, 7) is 6.88. The third kappa shape index (κ3) is 12.7. The second-order valence-corrected chi connectivity index (χ2v) is 6.32. The molecule has 1 heteroatoms. The molecule has 1 nitrogen and oxygen atoms in total. The van der Waals surface area contributed by atoms with Gasteiger partial charge in [0.15, 0.2) is 0 Å². The molecule has 0 fully saturated rings. The molecule has 19 heavy (non-hydrogen) atoms. The minimum Gasteiger partial charge on any atom is -0.328 e. The maximum Gasteiger partial charge on any atom is 0.00414 e. The van der Waals surface area contributed by atoms with Crippen LogP contribution in [-0.2, 0) is 0 Å². The fourth-order valence-corrected chi connectivity index (χ4v) is 2.89. The molecule has 0 amide bonds. The van der Waals surface area contributed by atoms with Crippen LogP contribution in [0.4, 0.5) is 0 Å². The molecule has 0 aliphatic carbocycles. The van der Waals surface area contributed by atoms with Gasteiger partial charge in [-0.25, -0.2) is 0 Å². The summed E-state index contributed by atoms with van der Waals surface area (Å²) in [5.74, 6) is 0.875. The van der Waals surface area contributed by atoms with Crippen LogP contribution in [0.5, 0.6) is 0 Å². The Morgan fingerprint density at radius 1 is 0.684 bits per heavy atom. The summed E-state index contributed by atoms with van der Waals surface area (Å²) in [4.78, 5) is 0. The van der Waals surface area contributed by atoms with Crippen molar-refractivity contribution in [3.63, 3.8) is 0 Å². The molecule has 0 rings (SSSR count). The third-order valence-electron chi connectivity index (χ3n) is 4.36. The topological polar surface area (TPSA) is 26.0 Å². The Hall–Kier alpha value is -0.0400. The second-order valence-electron chi connectivity index (χ2n) is 6.32. The van der Waals surface area contributed by atoms with E-state index in [0.717, 1.165) is 5.92 Å². The molecule has 0 aliphatic rings. The Balaban J connectivity index is 3.43. The number of hydrogen-bond acceptors (Lipinski definition) is 1. The van der Waals surface area contributed by atoms with Gasteiger partial charge in [-0.15, -0.1) is 0 Å². The van der Waals surface area contributed by atoms with E-state index < -0.39 is 0 Å². The zero-order valence-corrected chi connectivity index (χ0v) is 13.9. The minimum atomic E-state index is 0.456. The molecule has 0 aromatic carbocycles. The molecule has 0 aliphatic heterocycles. The molecular formula is C18H39N. The smallest absolute Gasteiger partial charge is 0.00414 e. The first-order valence-corrected chi connectivity index (χ1v) is 9.00. The fourth-order valence-electron chi connectivity index (χ4n) is 2.89. The van der Waals surface area contributed by atoms with Crippen LogP contribution < -0.4 is 5.73 Å². The molecule has 0 spiro atoms. The summed E-state index contributed by atoms with van der Waals surface area (Å²) in [7, 11) is 0. The normalized spacial score (nSPS) is 14.5. The number of rotatable bonds is 14. The quantitative estimate of drug-likeness (QED) is 0.381. The van der Waals surface area contributed by atoms with Gasteiger partial charge in [-0.2, -0.15) is 0 Å². The Bertz CT molecular complexity index is 167. The van der Waals surface area contributed by atoms with Gasteiger partial charge < -0.3 is 5.73 Å². The Labute approximate surface area is 122 Å². The molecular weight excluding hydrogens is 230 g/mol. The lowest BCUT2D eigenvalue weighted by molar-refractivity contribution is 0.368. The maximum atomic E-state index is 6.28. The summed E-state index contributed by atoms with van der Waals surface area (Å²) in [6.07, 6.45) is 17.7. The summed E-state index contributed by atoms with van der Waals surface area (Å²) < 4.78 is 0. The first kappa shape index (κ1) is 19.0. The average molecular weight is 270 g/mol. The highest BCUT2D eigenvalue weighted by Crippen LogP contribution is 2.20. The van der Waals surface area contributed by atoms with Crippen molar-refractivity contribution >= 4 is 0 Å². The lowest BCUT2D eigenvalue weighted by atomic mass is 9.90. The van der Waals surface area contributed by atoms with Gasteiger partial charge in [0.05, 0.1) is 0 Å². The summed E-state index contributed by atoms with van der Waals surface area (Å²) in [6, 6.07) is 0.456. The molecule has 116 valence electrons. The van der Waals surface area contributed by atoms with Gasteiger partial charge in [-0.05, 0) is 18.8 Å². The van der Waals surface area contributed by atoms with Crippen molar-refractivity contribution in [1.29, 1.82) is 0 Å². The predicted molar refractivity (Wildman–Crippen MR) is 88.5 cm³/mol. The van der Waals surface area contributed by atoms with Gasteiger partial charge in [-0.1, -0.05) is 91.4 Å². The average Bonchev–Trinajstić information content (AvgIpc) is 2.42. The number of hydrogen-bond donors (Lipinski definition) is 1. The van der Waals surface area contributed by atoms with Gasteiger partial charge in [-0.3, -0.25) is 0 Å². The zero-order chi connectivity index (χ0) is 14.3.